The van der Waals surface area contributed by atoms with Gasteiger partial charge in [0.1, 0.15) is 0 Å². The first-order valence-electron chi connectivity index (χ1n) is 7.34. The molecule has 0 heterocycles. The van der Waals surface area contributed by atoms with E-state index in [4.69, 9.17) is 0 Å². The molecule has 0 aliphatic rings. The zero-order chi connectivity index (χ0) is 16.5. The molecule has 0 saturated carbocycles. The van der Waals surface area contributed by atoms with Gasteiger partial charge in [0.05, 0.1) is 5.56 Å². The molecule has 6 heteroatoms. The lowest BCUT2D eigenvalue weighted by Crippen LogP contribution is -2.38. The Labute approximate surface area is 140 Å². The Morgan fingerprint density at radius 3 is 2.41 bits per heavy atom. The molecule has 0 aromatic heterocycles. The van der Waals surface area contributed by atoms with E-state index in [-0.39, 0.29) is 11.8 Å². The molecule has 1 rings (SSSR count). The van der Waals surface area contributed by atoms with Crippen LogP contribution in [0.1, 0.15) is 23.7 Å². The van der Waals surface area contributed by atoms with Gasteiger partial charge in [0, 0.05) is 31.0 Å². The van der Waals surface area contributed by atoms with Crippen LogP contribution in [0.15, 0.2) is 28.7 Å². The number of halogens is 1. The second-order valence-corrected chi connectivity index (χ2v) is 6.25. The number of hydrogen-bond acceptors (Lipinski definition) is 3. The third-order valence-corrected chi connectivity index (χ3v) is 3.96. The Morgan fingerprint density at radius 2 is 1.82 bits per heavy atom. The summed E-state index contributed by atoms with van der Waals surface area (Å²) < 4.78 is 0.766. The third kappa shape index (κ3) is 6.58. The van der Waals surface area contributed by atoms with Crippen LogP contribution in [0, 0.1) is 0 Å². The van der Waals surface area contributed by atoms with E-state index in [2.05, 4.69) is 26.1 Å². The number of amides is 2. The summed E-state index contributed by atoms with van der Waals surface area (Å²) in [6, 6.07) is 7.28. The maximum absolute atomic E-state index is 12.1. The summed E-state index contributed by atoms with van der Waals surface area (Å²) in [5, 5.41) is 2.85. The summed E-state index contributed by atoms with van der Waals surface area (Å²) in [6.07, 6.45) is 0.921. The minimum atomic E-state index is -0.135. The summed E-state index contributed by atoms with van der Waals surface area (Å²) in [5.41, 5.74) is 0.601. The van der Waals surface area contributed by atoms with Crippen molar-refractivity contribution in [3.05, 3.63) is 34.3 Å². The molecule has 0 saturated heterocycles. The Bertz CT molecular complexity index is 506. The van der Waals surface area contributed by atoms with Crippen LogP contribution in [0.3, 0.4) is 0 Å². The predicted molar refractivity (Wildman–Crippen MR) is 91.9 cm³/mol. The second kappa shape index (κ2) is 9.58. The molecule has 122 valence electrons. The van der Waals surface area contributed by atoms with E-state index in [0.29, 0.717) is 25.2 Å². The van der Waals surface area contributed by atoms with Crippen molar-refractivity contribution < 1.29 is 9.59 Å². The van der Waals surface area contributed by atoms with Crippen LogP contribution in [-0.2, 0) is 4.79 Å². The van der Waals surface area contributed by atoms with Crippen molar-refractivity contribution in [3.63, 3.8) is 0 Å². The Morgan fingerprint density at radius 1 is 1.14 bits per heavy atom. The molecule has 1 aromatic carbocycles. The number of nitrogens with one attached hydrogen (secondary N) is 1. The normalized spacial score (nSPS) is 10.6. The first kappa shape index (κ1) is 18.6. The zero-order valence-corrected chi connectivity index (χ0v) is 15.0. The van der Waals surface area contributed by atoms with E-state index in [1.54, 1.807) is 17.9 Å². The monoisotopic (exact) mass is 369 g/mol. The van der Waals surface area contributed by atoms with Crippen LogP contribution >= 0.6 is 15.9 Å². The van der Waals surface area contributed by atoms with E-state index in [1.165, 1.54) is 0 Å². The minimum Gasteiger partial charge on any atom is -0.350 e. The van der Waals surface area contributed by atoms with Gasteiger partial charge in [-0.1, -0.05) is 12.1 Å². The van der Waals surface area contributed by atoms with Crippen molar-refractivity contribution in [2.24, 2.45) is 0 Å². The molecule has 0 aliphatic heterocycles. The molecule has 5 nitrogen and oxygen atoms in total. The summed E-state index contributed by atoms with van der Waals surface area (Å²) >= 11 is 3.36. The second-order valence-electron chi connectivity index (χ2n) is 5.40. The van der Waals surface area contributed by atoms with Crippen LogP contribution in [0.2, 0.25) is 0 Å². The van der Waals surface area contributed by atoms with Gasteiger partial charge < -0.3 is 15.1 Å². The van der Waals surface area contributed by atoms with E-state index in [9.17, 15) is 9.59 Å². The molecule has 0 radical (unpaired) electrons. The summed E-state index contributed by atoms with van der Waals surface area (Å²) in [4.78, 5) is 27.5. The van der Waals surface area contributed by atoms with Crippen LogP contribution in [0.4, 0.5) is 0 Å². The quantitative estimate of drug-likeness (QED) is 0.762. The highest BCUT2D eigenvalue weighted by Crippen LogP contribution is 2.15. The maximum atomic E-state index is 12.1. The van der Waals surface area contributed by atoms with Gasteiger partial charge in [-0.15, -0.1) is 0 Å². The third-order valence-electron chi connectivity index (χ3n) is 3.26. The van der Waals surface area contributed by atoms with Crippen LogP contribution in [0.25, 0.3) is 0 Å². The minimum absolute atomic E-state index is 0.0360. The molecule has 0 spiro atoms. The van der Waals surface area contributed by atoms with Gasteiger partial charge in [0.25, 0.3) is 5.91 Å². The molecule has 0 fully saturated rings. The van der Waals surface area contributed by atoms with E-state index >= 15 is 0 Å². The maximum Gasteiger partial charge on any atom is 0.252 e. The Balaban J connectivity index is 2.41. The molecule has 0 unspecified atom stereocenters. The van der Waals surface area contributed by atoms with Gasteiger partial charge >= 0.3 is 0 Å². The average Bonchev–Trinajstić information content (AvgIpc) is 2.45. The smallest absolute Gasteiger partial charge is 0.252 e. The van der Waals surface area contributed by atoms with Crippen molar-refractivity contribution in [2.75, 3.05) is 40.3 Å². The van der Waals surface area contributed by atoms with Crippen molar-refractivity contribution in [1.29, 1.82) is 0 Å². The molecule has 1 aromatic rings. The summed E-state index contributed by atoms with van der Waals surface area (Å²) in [7, 11) is 4.02. The van der Waals surface area contributed by atoms with Crippen molar-refractivity contribution in [1.82, 2.24) is 15.1 Å². The van der Waals surface area contributed by atoms with Crippen LogP contribution in [0.5, 0.6) is 0 Å². The van der Waals surface area contributed by atoms with Crippen LogP contribution < -0.4 is 5.32 Å². The lowest BCUT2D eigenvalue weighted by Gasteiger charge is -2.22. The number of hydrogen-bond donors (Lipinski definition) is 1. The first-order valence-corrected chi connectivity index (χ1v) is 8.14. The van der Waals surface area contributed by atoms with E-state index in [0.717, 1.165) is 17.4 Å². The molecule has 0 bridgehead atoms. The number of carbonyl (C=O) groups excluding carboxylic acids is 2. The van der Waals surface area contributed by atoms with Crippen molar-refractivity contribution in [2.45, 2.75) is 13.3 Å². The number of carbonyl (C=O) groups is 2. The van der Waals surface area contributed by atoms with Crippen molar-refractivity contribution >= 4 is 27.7 Å². The van der Waals surface area contributed by atoms with Crippen LogP contribution in [-0.4, -0.2) is 61.9 Å². The fourth-order valence-electron chi connectivity index (χ4n) is 2.05. The predicted octanol–water partition coefficient (Wildman–Crippen LogP) is 1.98. The zero-order valence-electron chi connectivity index (χ0n) is 13.4. The fraction of sp³-hybridized carbons (Fsp3) is 0.500. The largest absolute Gasteiger partial charge is 0.350 e. The first-order chi connectivity index (χ1) is 10.4. The molecular weight excluding hydrogens is 346 g/mol. The lowest BCUT2D eigenvalue weighted by molar-refractivity contribution is -0.128. The average molecular weight is 370 g/mol. The highest BCUT2D eigenvalue weighted by atomic mass is 79.9. The Hall–Kier alpha value is -1.40. The van der Waals surface area contributed by atoms with E-state index < -0.39 is 0 Å². The summed E-state index contributed by atoms with van der Waals surface area (Å²) in [5.74, 6) is -0.0989. The molecule has 2 amide bonds. The van der Waals surface area contributed by atoms with Crippen molar-refractivity contribution in [3.8, 4) is 0 Å². The van der Waals surface area contributed by atoms with Gasteiger partial charge in [0.15, 0.2) is 0 Å². The lowest BCUT2D eigenvalue weighted by atomic mass is 10.2. The summed E-state index contributed by atoms with van der Waals surface area (Å²) in [6.45, 7) is 4.18. The molecular formula is C16H24BrN3O2. The molecule has 0 aliphatic carbocycles. The fourth-order valence-corrected chi connectivity index (χ4v) is 2.51. The topological polar surface area (TPSA) is 52.7 Å². The highest BCUT2D eigenvalue weighted by Gasteiger charge is 2.11. The SMILES string of the molecule is CC(=O)N(CCCN(C)C)CCNC(=O)c1ccccc1Br. The van der Waals surface area contributed by atoms with E-state index in [1.807, 2.05) is 32.3 Å². The molecule has 22 heavy (non-hydrogen) atoms. The highest BCUT2D eigenvalue weighted by molar-refractivity contribution is 9.10. The molecule has 1 N–H and O–H groups in total. The number of benzene rings is 1. The van der Waals surface area contributed by atoms with Gasteiger partial charge in [-0.25, -0.2) is 0 Å². The van der Waals surface area contributed by atoms with Gasteiger partial charge in [-0.05, 0) is 55.1 Å². The number of nitrogens with zero attached hydrogens (tertiary/aromatic N) is 2. The van der Waals surface area contributed by atoms with Gasteiger partial charge in [0.2, 0.25) is 5.91 Å². The standard InChI is InChI=1S/C16H24BrN3O2/c1-13(21)20(11-6-10-19(2)3)12-9-18-16(22)14-7-4-5-8-15(14)17/h4-5,7-8H,6,9-12H2,1-3H3,(H,18,22). The van der Waals surface area contributed by atoms with Gasteiger partial charge in [-0.3, -0.25) is 9.59 Å². The van der Waals surface area contributed by atoms with Gasteiger partial charge in [-0.2, -0.15) is 0 Å². The number of rotatable bonds is 8. The Kier molecular flexibility index (Phi) is 8.12. The molecule has 0 atom stereocenters.